The smallest absolute Gasteiger partial charge is 0.272 e. The molecule has 1 fully saturated rings. The van der Waals surface area contributed by atoms with Gasteiger partial charge in [-0.3, -0.25) is 14.6 Å². The normalized spacial score (nSPS) is 17.5. The highest BCUT2D eigenvalue weighted by Crippen LogP contribution is 2.34. The van der Waals surface area contributed by atoms with Gasteiger partial charge in [0.15, 0.2) is 0 Å². The molecular weight excluding hydrogens is 578 g/mol. The number of amides is 2. The third kappa shape index (κ3) is 5.84. The molecule has 0 saturated carbocycles. The number of fused-ring (bicyclic) bond motifs is 1. The number of hydrazone groups is 1. The van der Waals surface area contributed by atoms with Crippen LogP contribution in [0.4, 0.5) is 11.5 Å². The van der Waals surface area contributed by atoms with E-state index in [1.54, 1.807) is 35.2 Å². The highest BCUT2D eigenvalue weighted by molar-refractivity contribution is 6.44. The van der Waals surface area contributed by atoms with Crippen LogP contribution in [0.3, 0.4) is 0 Å². The number of carbonyl (C=O) groups is 2. The Morgan fingerprint density at radius 1 is 0.783 bits per heavy atom. The Morgan fingerprint density at radius 3 is 2.15 bits per heavy atom. The van der Waals surface area contributed by atoms with Gasteiger partial charge in [-0.15, -0.1) is 0 Å². The molecule has 1 N–H and O–H groups in total. The van der Waals surface area contributed by atoms with Crippen LogP contribution in [0, 0.1) is 0 Å². The SMILES string of the molecule is COc1ccc(C2=CC(C(=O)N3CCN(C(=O)c4cccnc4Nc4ccccc4)CC3)=NC3CC(c4ccccc4)=NN23)cc1. The fourth-order valence-corrected chi connectivity index (χ4v) is 5.89. The largest absolute Gasteiger partial charge is 0.497 e. The van der Waals surface area contributed by atoms with Gasteiger partial charge in [-0.2, -0.15) is 5.10 Å². The summed E-state index contributed by atoms with van der Waals surface area (Å²) in [4.78, 5) is 40.4. The number of aliphatic imine (C=N–C) groups is 1. The molecule has 3 aliphatic rings. The van der Waals surface area contributed by atoms with E-state index in [2.05, 4.69) is 10.3 Å². The Bertz CT molecular complexity index is 1830. The van der Waals surface area contributed by atoms with Crippen LogP contribution in [0.25, 0.3) is 5.70 Å². The molecule has 0 bridgehead atoms. The minimum Gasteiger partial charge on any atom is -0.497 e. The number of para-hydroxylation sites is 1. The average molecular weight is 612 g/mol. The van der Waals surface area contributed by atoms with Crippen LogP contribution in [0.1, 0.15) is 27.9 Å². The van der Waals surface area contributed by atoms with Crippen molar-refractivity contribution in [2.24, 2.45) is 10.1 Å². The van der Waals surface area contributed by atoms with Gasteiger partial charge in [-0.1, -0.05) is 48.5 Å². The quantitative estimate of drug-likeness (QED) is 0.314. The summed E-state index contributed by atoms with van der Waals surface area (Å²) in [7, 11) is 1.63. The summed E-state index contributed by atoms with van der Waals surface area (Å²) in [5, 5.41) is 10.1. The Balaban J connectivity index is 1.08. The molecule has 7 rings (SSSR count). The zero-order chi connectivity index (χ0) is 31.5. The first kappa shape index (κ1) is 29.0. The second kappa shape index (κ2) is 12.7. The molecule has 4 heterocycles. The van der Waals surface area contributed by atoms with Crippen LogP contribution in [0.2, 0.25) is 0 Å². The summed E-state index contributed by atoms with van der Waals surface area (Å²) in [5.74, 6) is 0.975. The van der Waals surface area contributed by atoms with Crippen LogP contribution < -0.4 is 10.1 Å². The lowest BCUT2D eigenvalue weighted by molar-refractivity contribution is -0.125. The number of pyridine rings is 1. The van der Waals surface area contributed by atoms with E-state index in [1.807, 2.05) is 96.0 Å². The predicted octanol–water partition coefficient (Wildman–Crippen LogP) is 5.05. The van der Waals surface area contributed by atoms with Crippen LogP contribution in [-0.4, -0.2) is 82.5 Å². The number of ether oxygens (including phenoxy) is 1. The number of benzene rings is 3. The lowest BCUT2D eigenvalue weighted by atomic mass is 10.0. The maximum atomic E-state index is 13.9. The van der Waals surface area contributed by atoms with E-state index in [4.69, 9.17) is 14.8 Å². The Kier molecular flexibility index (Phi) is 7.99. The first-order chi connectivity index (χ1) is 22.6. The number of piperazine rings is 1. The van der Waals surface area contributed by atoms with Crippen molar-refractivity contribution in [3.05, 3.63) is 126 Å². The van der Waals surface area contributed by atoms with Crippen molar-refractivity contribution >= 4 is 40.4 Å². The van der Waals surface area contributed by atoms with Gasteiger partial charge in [0.1, 0.15) is 23.4 Å². The number of aromatic nitrogens is 1. The highest BCUT2D eigenvalue weighted by atomic mass is 16.5. The van der Waals surface area contributed by atoms with E-state index in [0.717, 1.165) is 34.0 Å². The number of carbonyl (C=O) groups excluding carboxylic acids is 2. The van der Waals surface area contributed by atoms with Crippen molar-refractivity contribution in [1.82, 2.24) is 19.8 Å². The molecule has 0 aliphatic carbocycles. The van der Waals surface area contributed by atoms with E-state index < -0.39 is 0 Å². The molecule has 230 valence electrons. The average Bonchev–Trinajstić information content (AvgIpc) is 3.56. The monoisotopic (exact) mass is 611 g/mol. The Hall–Kier alpha value is -5.77. The molecule has 0 radical (unpaired) electrons. The molecule has 46 heavy (non-hydrogen) atoms. The lowest BCUT2D eigenvalue weighted by Gasteiger charge is -2.36. The van der Waals surface area contributed by atoms with Crippen molar-refractivity contribution in [2.75, 3.05) is 38.6 Å². The highest BCUT2D eigenvalue weighted by Gasteiger charge is 2.36. The lowest BCUT2D eigenvalue weighted by Crippen LogP contribution is -2.52. The number of anilines is 2. The molecule has 1 saturated heterocycles. The second-order valence-electron chi connectivity index (χ2n) is 11.2. The predicted molar refractivity (Wildman–Crippen MR) is 178 cm³/mol. The van der Waals surface area contributed by atoms with Crippen molar-refractivity contribution in [2.45, 2.75) is 12.6 Å². The van der Waals surface area contributed by atoms with Crippen LogP contribution in [0.5, 0.6) is 5.75 Å². The fraction of sp³-hybridized carbons (Fsp3) is 0.194. The molecule has 1 aromatic heterocycles. The molecule has 3 aliphatic heterocycles. The number of hydrogen-bond donors (Lipinski definition) is 1. The van der Waals surface area contributed by atoms with Gasteiger partial charge in [-0.05, 0) is 60.2 Å². The van der Waals surface area contributed by atoms with Gasteiger partial charge in [0, 0.05) is 50.0 Å². The standard InChI is InChI=1S/C36H33N7O3/c1-46-28-16-14-26(15-17-28)32-23-31(39-33-24-30(40-43(32)33)25-9-4-2-5-10-25)36(45)42-21-19-41(20-22-42)35(44)29-13-8-18-37-34(29)38-27-11-6-3-7-12-27/h2-18,23,33H,19-22,24H2,1H3,(H,37,38). The van der Waals surface area contributed by atoms with Crippen LogP contribution in [0.15, 0.2) is 119 Å². The third-order valence-electron chi connectivity index (χ3n) is 8.34. The van der Waals surface area contributed by atoms with Crippen LogP contribution >= 0.6 is 0 Å². The van der Waals surface area contributed by atoms with Gasteiger partial charge in [0.05, 0.1) is 24.1 Å². The molecule has 3 aromatic carbocycles. The van der Waals surface area contributed by atoms with Crippen molar-refractivity contribution in [3.8, 4) is 5.75 Å². The molecule has 0 spiro atoms. The van der Waals surface area contributed by atoms with E-state index in [9.17, 15) is 9.59 Å². The molecular formula is C36H33N7O3. The molecule has 2 amide bonds. The zero-order valence-corrected chi connectivity index (χ0v) is 25.4. The minimum atomic E-state index is -0.333. The first-order valence-corrected chi connectivity index (χ1v) is 15.3. The fourth-order valence-electron chi connectivity index (χ4n) is 5.89. The minimum absolute atomic E-state index is 0.123. The van der Waals surface area contributed by atoms with Crippen LogP contribution in [-0.2, 0) is 4.79 Å². The summed E-state index contributed by atoms with van der Waals surface area (Å²) in [5.41, 5.74) is 5.40. The van der Waals surface area contributed by atoms with Crippen molar-refractivity contribution in [3.63, 3.8) is 0 Å². The third-order valence-corrected chi connectivity index (χ3v) is 8.34. The van der Waals surface area contributed by atoms with Crippen molar-refractivity contribution in [1.29, 1.82) is 0 Å². The van der Waals surface area contributed by atoms with Gasteiger partial charge in [-0.25, -0.2) is 9.99 Å². The molecule has 10 nitrogen and oxygen atoms in total. The number of hydrogen-bond acceptors (Lipinski definition) is 8. The molecule has 10 heteroatoms. The Morgan fingerprint density at radius 2 is 1.46 bits per heavy atom. The van der Waals surface area contributed by atoms with E-state index in [0.29, 0.717) is 49.7 Å². The topological polar surface area (TPSA) is 103 Å². The van der Waals surface area contributed by atoms with Gasteiger partial charge in [0.25, 0.3) is 11.8 Å². The van der Waals surface area contributed by atoms with Crippen molar-refractivity contribution < 1.29 is 14.3 Å². The summed E-state index contributed by atoms with van der Waals surface area (Å²) in [6.45, 7) is 1.61. The summed E-state index contributed by atoms with van der Waals surface area (Å²) in [6, 6.07) is 30.9. The van der Waals surface area contributed by atoms with E-state index in [1.165, 1.54) is 0 Å². The number of nitrogens with zero attached hydrogens (tertiary/aromatic N) is 6. The number of rotatable bonds is 7. The van der Waals surface area contributed by atoms with Gasteiger partial charge < -0.3 is 19.9 Å². The summed E-state index contributed by atoms with van der Waals surface area (Å²) >= 11 is 0. The second-order valence-corrected chi connectivity index (χ2v) is 11.2. The van der Waals surface area contributed by atoms with Gasteiger partial charge >= 0.3 is 0 Å². The van der Waals surface area contributed by atoms with Gasteiger partial charge in [0.2, 0.25) is 0 Å². The summed E-state index contributed by atoms with van der Waals surface area (Å²) in [6.07, 6.45) is 3.74. The maximum Gasteiger partial charge on any atom is 0.272 e. The van der Waals surface area contributed by atoms with E-state index in [-0.39, 0.29) is 18.0 Å². The maximum absolute atomic E-state index is 13.9. The zero-order valence-electron chi connectivity index (χ0n) is 25.4. The van der Waals surface area contributed by atoms with E-state index >= 15 is 0 Å². The molecule has 4 aromatic rings. The summed E-state index contributed by atoms with van der Waals surface area (Å²) < 4.78 is 5.36. The number of nitrogens with one attached hydrogen (secondary N) is 1. The number of methoxy groups -OCH3 is 1. The first-order valence-electron chi connectivity index (χ1n) is 15.3. The Labute approximate surface area is 267 Å². The molecule has 1 atom stereocenters. The molecule has 1 unspecified atom stereocenters.